The summed E-state index contributed by atoms with van der Waals surface area (Å²) in [4.78, 5) is 15.7. The van der Waals surface area contributed by atoms with E-state index in [0.29, 0.717) is 11.6 Å². The Labute approximate surface area is 180 Å². The van der Waals surface area contributed by atoms with Gasteiger partial charge in [0.2, 0.25) is 11.9 Å². The summed E-state index contributed by atoms with van der Waals surface area (Å²) < 4.78 is 5.07. The number of nitrogen functional groups attached to an aromatic ring is 4. The summed E-state index contributed by atoms with van der Waals surface area (Å²) in [5.41, 5.74) is 27.1. The SMILES string of the molecule is COc1ccc(-c2cnc(N)nc2N)cc1.Cc1ccc(-c2cnc(N)nc2N)cc1. The maximum atomic E-state index is 5.76. The minimum Gasteiger partial charge on any atom is -0.497 e. The Bertz CT molecular complexity index is 1160. The summed E-state index contributed by atoms with van der Waals surface area (Å²) in [5.74, 6) is 1.95. The summed E-state index contributed by atoms with van der Waals surface area (Å²) in [5, 5.41) is 0. The number of hydrogen-bond donors (Lipinski definition) is 4. The smallest absolute Gasteiger partial charge is 0.221 e. The van der Waals surface area contributed by atoms with Gasteiger partial charge in [-0.3, -0.25) is 0 Å². The second-order valence-corrected chi connectivity index (χ2v) is 6.65. The van der Waals surface area contributed by atoms with Crippen molar-refractivity contribution in [1.29, 1.82) is 0 Å². The maximum Gasteiger partial charge on any atom is 0.221 e. The number of aromatic nitrogens is 4. The van der Waals surface area contributed by atoms with Crippen LogP contribution < -0.4 is 27.7 Å². The molecule has 0 bridgehead atoms. The van der Waals surface area contributed by atoms with E-state index in [4.69, 9.17) is 27.7 Å². The Hall–Kier alpha value is -4.40. The molecule has 2 aromatic carbocycles. The van der Waals surface area contributed by atoms with Gasteiger partial charge in [-0.25, -0.2) is 9.97 Å². The molecule has 0 radical (unpaired) electrons. The molecule has 31 heavy (non-hydrogen) atoms. The van der Waals surface area contributed by atoms with Gasteiger partial charge in [0, 0.05) is 23.5 Å². The summed E-state index contributed by atoms with van der Waals surface area (Å²) in [6, 6.07) is 15.5. The van der Waals surface area contributed by atoms with E-state index in [2.05, 4.69) is 19.9 Å². The van der Waals surface area contributed by atoms with Crippen LogP contribution in [0.2, 0.25) is 0 Å². The van der Waals surface area contributed by atoms with Crippen LogP contribution in [-0.2, 0) is 0 Å². The fraction of sp³-hybridized carbons (Fsp3) is 0.0909. The minimum absolute atomic E-state index is 0.176. The second-order valence-electron chi connectivity index (χ2n) is 6.65. The number of anilines is 4. The maximum absolute atomic E-state index is 5.76. The lowest BCUT2D eigenvalue weighted by molar-refractivity contribution is 0.415. The molecule has 0 spiro atoms. The highest BCUT2D eigenvalue weighted by atomic mass is 16.5. The van der Waals surface area contributed by atoms with E-state index in [-0.39, 0.29) is 11.9 Å². The average Bonchev–Trinajstić information content (AvgIpc) is 2.75. The van der Waals surface area contributed by atoms with Gasteiger partial charge in [0.25, 0.3) is 0 Å². The fourth-order valence-electron chi connectivity index (χ4n) is 2.77. The van der Waals surface area contributed by atoms with Crippen LogP contribution in [0.1, 0.15) is 5.56 Å². The van der Waals surface area contributed by atoms with Crippen molar-refractivity contribution in [3.8, 4) is 28.0 Å². The van der Waals surface area contributed by atoms with Crippen LogP contribution in [0.3, 0.4) is 0 Å². The summed E-state index contributed by atoms with van der Waals surface area (Å²) >= 11 is 0. The average molecular weight is 416 g/mol. The number of hydrogen-bond acceptors (Lipinski definition) is 9. The van der Waals surface area contributed by atoms with Gasteiger partial charge in [-0.1, -0.05) is 42.0 Å². The van der Waals surface area contributed by atoms with Gasteiger partial charge in [0.05, 0.1) is 7.11 Å². The highest BCUT2D eigenvalue weighted by Crippen LogP contribution is 2.26. The van der Waals surface area contributed by atoms with Crippen molar-refractivity contribution >= 4 is 23.5 Å². The fourth-order valence-corrected chi connectivity index (χ4v) is 2.77. The van der Waals surface area contributed by atoms with Crippen molar-refractivity contribution in [2.75, 3.05) is 30.0 Å². The molecular formula is C22H24N8O. The van der Waals surface area contributed by atoms with E-state index in [1.165, 1.54) is 5.56 Å². The molecule has 2 heterocycles. The molecular weight excluding hydrogens is 392 g/mol. The van der Waals surface area contributed by atoms with Crippen LogP contribution in [0.5, 0.6) is 5.75 Å². The number of rotatable bonds is 3. The number of nitrogens with two attached hydrogens (primary N) is 4. The summed E-state index contributed by atoms with van der Waals surface area (Å²) in [7, 11) is 1.62. The highest BCUT2D eigenvalue weighted by molar-refractivity contribution is 5.74. The molecule has 0 aliphatic rings. The largest absolute Gasteiger partial charge is 0.497 e. The van der Waals surface area contributed by atoms with Crippen LogP contribution in [0, 0.1) is 6.92 Å². The number of methoxy groups -OCH3 is 1. The van der Waals surface area contributed by atoms with Gasteiger partial charge < -0.3 is 27.7 Å². The Kier molecular flexibility index (Phi) is 6.46. The molecule has 4 aromatic rings. The minimum atomic E-state index is 0.176. The predicted octanol–water partition coefficient (Wildman–Crippen LogP) is 2.93. The zero-order valence-corrected chi connectivity index (χ0v) is 17.3. The third-order valence-electron chi connectivity index (χ3n) is 4.44. The van der Waals surface area contributed by atoms with Crippen LogP contribution >= 0.6 is 0 Å². The van der Waals surface area contributed by atoms with Crippen molar-refractivity contribution in [3.05, 3.63) is 66.5 Å². The zero-order valence-electron chi connectivity index (χ0n) is 17.3. The quantitative estimate of drug-likeness (QED) is 0.393. The van der Waals surface area contributed by atoms with Gasteiger partial charge >= 0.3 is 0 Å². The van der Waals surface area contributed by atoms with E-state index in [1.807, 2.05) is 55.5 Å². The monoisotopic (exact) mass is 416 g/mol. The molecule has 9 heteroatoms. The van der Waals surface area contributed by atoms with Crippen molar-refractivity contribution in [2.24, 2.45) is 0 Å². The van der Waals surface area contributed by atoms with E-state index in [9.17, 15) is 0 Å². The topological polar surface area (TPSA) is 165 Å². The molecule has 0 amide bonds. The Morgan fingerprint density at radius 3 is 1.45 bits per heavy atom. The van der Waals surface area contributed by atoms with Gasteiger partial charge in [-0.05, 0) is 30.2 Å². The number of benzene rings is 2. The van der Waals surface area contributed by atoms with Gasteiger partial charge in [-0.2, -0.15) is 9.97 Å². The van der Waals surface area contributed by atoms with Crippen molar-refractivity contribution < 1.29 is 4.74 Å². The Morgan fingerprint density at radius 1 is 0.645 bits per heavy atom. The van der Waals surface area contributed by atoms with Crippen molar-refractivity contribution in [1.82, 2.24) is 19.9 Å². The molecule has 0 fully saturated rings. The Balaban J connectivity index is 0.000000176. The first-order valence-electron chi connectivity index (χ1n) is 9.35. The Morgan fingerprint density at radius 2 is 1.06 bits per heavy atom. The van der Waals surface area contributed by atoms with Gasteiger partial charge in [-0.15, -0.1) is 0 Å². The lowest BCUT2D eigenvalue weighted by Gasteiger charge is -2.06. The van der Waals surface area contributed by atoms with Crippen LogP contribution in [0.25, 0.3) is 22.3 Å². The molecule has 158 valence electrons. The third-order valence-corrected chi connectivity index (χ3v) is 4.44. The van der Waals surface area contributed by atoms with Crippen LogP contribution in [-0.4, -0.2) is 27.0 Å². The summed E-state index contributed by atoms with van der Waals surface area (Å²) in [6.07, 6.45) is 3.25. The molecule has 0 saturated heterocycles. The van der Waals surface area contributed by atoms with E-state index < -0.39 is 0 Å². The van der Waals surface area contributed by atoms with E-state index in [0.717, 1.165) is 28.0 Å². The summed E-state index contributed by atoms with van der Waals surface area (Å²) in [6.45, 7) is 2.03. The molecule has 0 atom stereocenters. The van der Waals surface area contributed by atoms with Gasteiger partial charge in [0.1, 0.15) is 17.4 Å². The molecule has 0 saturated carbocycles. The molecule has 4 rings (SSSR count). The number of nitrogens with zero attached hydrogens (tertiary/aromatic N) is 4. The second kappa shape index (κ2) is 9.40. The van der Waals surface area contributed by atoms with E-state index >= 15 is 0 Å². The van der Waals surface area contributed by atoms with Crippen LogP contribution in [0.4, 0.5) is 23.5 Å². The molecule has 8 N–H and O–H groups in total. The lowest BCUT2D eigenvalue weighted by atomic mass is 10.1. The molecule has 0 aliphatic carbocycles. The number of aryl methyl sites for hydroxylation is 1. The molecule has 0 aliphatic heterocycles. The first kappa shape index (κ1) is 21.3. The first-order chi connectivity index (χ1) is 14.9. The molecule has 2 aromatic heterocycles. The molecule has 9 nitrogen and oxygen atoms in total. The lowest BCUT2D eigenvalue weighted by Crippen LogP contribution is -2.00. The van der Waals surface area contributed by atoms with Crippen molar-refractivity contribution in [2.45, 2.75) is 6.92 Å². The first-order valence-corrected chi connectivity index (χ1v) is 9.35. The van der Waals surface area contributed by atoms with Crippen molar-refractivity contribution in [3.63, 3.8) is 0 Å². The van der Waals surface area contributed by atoms with Gasteiger partial charge in [0.15, 0.2) is 0 Å². The highest BCUT2D eigenvalue weighted by Gasteiger charge is 2.06. The van der Waals surface area contributed by atoms with Crippen LogP contribution in [0.15, 0.2) is 60.9 Å². The predicted molar refractivity (Wildman–Crippen MR) is 124 cm³/mol. The van der Waals surface area contributed by atoms with E-state index in [1.54, 1.807) is 19.5 Å². The third kappa shape index (κ3) is 5.36. The number of ether oxygens (including phenoxy) is 1. The molecule has 0 unspecified atom stereocenters. The standard InChI is InChI=1S/C11H12N4O.C11H12N4/c1-16-8-4-2-7(3-5-8)9-6-14-11(13)15-10(9)12;1-7-2-4-8(5-3-7)9-6-14-11(13)15-10(9)12/h2-6H,1H3,(H4,12,13,14,15);2-6H,1H3,(H4,12,13,14,15). The zero-order chi connectivity index (χ0) is 22.4. The normalized spacial score (nSPS) is 10.1.